The normalized spacial score (nSPS) is 24.9. The molecule has 4 rings (SSSR count). The van der Waals surface area contributed by atoms with Crippen LogP contribution in [0.3, 0.4) is 0 Å². The maximum Gasteiger partial charge on any atom is 0.403 e. The fourth-order valence-corrected chi connectivity index (χ4v) is 8.87. The molecule has 6 atom stereocenters. The van der Waals surface area contributed by atoms with E-state index < -0.39 is 102 Å². The lowest BCUT2D eigenvalue weighted by atomic mass is 9.77. The first-order valence-corrected chi connectivity index (χ1v) is 22.5. The molecular formula is C43H62Cl2F3N7O8. The number of carbonyl (C=O) groups excluding carboxylic acids is 7. The quantitative estimate of drug-likeness (QED) is 0.255. The van der Waals surface area contributed by atoms with Gasteiger partial charge in [0.1, 0.15) is 41.7 Å². The summed E-state index contributed by atoms with van der Waals surface area (Å²) in [5, 5.41) is 11.6. The molecule has 352 valence electrons. The van der Waals surface area contributed by atoms with Crippen LogP contribution in [0, 0.1) is 11.3 Å². The second-order valence-electron chi connectivity index (χ2n) is 17.2. The summed E-state index contributed by atoms with van der Waals surface area (Å²) in [6.45, 7) is 8.09. The number of alkyl halides is 3. The van der Waals surface area contributed by atoms with E-state index in [2.05, 4.69) is 21.3 Å². The van der Waals surface area contributed by atoms with Crippen molar-refractivity contribution in [2.24, 2.45) is 11.3 Å². The third-order valence-corrected chi connectivity index (χ3v) is 12.7. The molecule has 0 aliphatic carbocycles. The molecule has 15 nitrogen and oxygen atoms in total. The number of halogens is 5. The topological polar surface area (TPSA) is 187 Å². The molecule has 1 aromatic rings. The number of amides is 7. The molecule has 0 aromatic heterocycles. The fourth-order valence-electron chi connectivity index (χ4n) is 8.48. The van der Waals surface area contributed by atoms with Crippen LogP contribution in [0.15, 0.2) is 18.2 Å². The summed E-state index contributed by atoms with van der Waals surface area (Å²) < 4.78 is 48.6. The number of ether oxygens (including phenoxy) is 1. The molecule has 1 aromatic carbocycles. The smallest absolute Gasteiger partial charge is 0.381 e. The van der Waals surface area contributed by atoms with Crippen LogP contribution in [0.1, 0.15) is 98.0 Å². The number of likely N-dealkylation sites (N-methyl/N-ethyl adjacent to an activating group) is 1. The van der Waals surface area contributed by atoms with E-state index in [9.17, 15) is 46.7 Å². The summed E-state index contributed by atoms with van der Waals surface area (Å²) in [4.78, 5) is 101. The van der Waals surface area contributed by atoms with Gasteiger partial charge in [0.05, 0.1) is 0 Å². The Morgan fingerprint density at radius 2 is 1.67 bits per heavy atom. The van der Waals surface area contributed by atoms with Crippen LogP contribution in [-0.2, 0) is 44.7 Å². The van der Waals surface area contributed by atoms with Crippen LogP contribution >= 0.6 is 23.2 Å². The van der Waals surface area contributed by atoms with E-state index in [1.807, 2.05) is 13.8 Å². The van der Waals surface area contributed by atoms with Crippen molar-refractivity contribution in [2.45, 2.75) is 141 Å². The van der Waals surface area contributed by atoms with Gasteiger partial charge < -0.3 is 40.7 Å². The highest BCUT2D eigenvalue weighted by molar-refractivity contribution is 6.33. The zero-order valence-corrected chi connectivity index (χ0v) is 38.4. The zero-order chi connectivity index (χ0) is 46.8. The molecule has 4 N–H and O–H groups in total. The Hall–Kier alpha value is -4.16. The van der Waals surface area contributed by atoms with Gasteiger partial charge in [0.15, 0.2) is 0 Å². The molecule has 3 fully saturated rings. The van der Waals surface area contributed by atoms with E-state index >= 15 is 0 Å². The van der Waals surface area contributed by atoms with Gasteiger partial charge in [0.25, 0.3) is 0 Å². The zero-order valence-electron chi connectivity index (χ0n) is 36.9. The molecule has 7 amide bonds. The molecule has 3 heterocycles. The third-order valence-electron chi connectivity index (χ3n) is 12.1. The Bertz CT molecular complexity index is 1830. The Labute approximate surface area is 377 Å². The van der Waals surface area contributed by atoms with Gasteiger partial charge in [-0.15, -0.1) is 0 Å². The minimum atomic E-state index is -4.87. The van der Waals surface area contributed by atoms with E-state index in [-0.39, 0.29) is 70.9 Å². The van der Waals surface area contributed by atoms with Crippen molar-refractivity contribution in [1.82, 2.24) is 36.0 Å². The lowest BCUT2D eigenvalue weighted by Gasteiger charge is -2.41. The number of likely N-dealkylation sites (tertiary alicyclic amines) is 1. The van der Waals surface area contributed by atoms with Crippen LogP contribution in [0.5, 0.6) is 0 Å². The van der Waals surface area contributed by atoms with E-state index in [4.69, 9.17) is 27.9 Å². The Kier molecular flexibility index (Phi) is 18.5. The lowest BCUT2D eigenvalue weighted by molar-refractivity contribution is -0.245. The van der Waals surface area contributed by atoms with Gasteiger partial charge in [-0.2, -0.15) is 13.2 Å². The number of carbonyl (C=O) groups is 7. The van der Waals surface area contributed by atoms with E-state index in [1.54, 1.807) is 25.1 Å². The second kappa shape index (κ2) is 22.6. The van der Waals surface area contributed by atoms with Crippen molar-refractivity contribution < 1.29 is 51.5 Å². The SMILES string of the molecule is CCCN(C(=O)[C@H](C)NC(=O)[C@@H]1CCCN1C(=O)C1(C(F)(F)F)CCOCC1)[C@H]1CCCCNC(=O)[C@@H](C)NC(=O)[C@H](Cc2cc(Cl)ccc2Cl)N(C)C(=O)[C@H](CC(C)C)NC1=O. The van der Waals surface area contributed by atoms with Gasteiger partial charge >= 0.3 is 6.18 Å². The number of benzene rings is 1. The van der Waals surface area contributed by atoms with Crippen LogP contribution in [0.25, 0.3) is 0 Å². The molecule has 3 aliphatic heterocycles. The lowest BCUT2D eigenvalue weighted by Crippen LogP contribution is -2.61. The standard InChI is InChI=1S/C43H62Cl2F3N7O8/c1-7-18-54(39(60)27(5)51-36(57)33-12-10-19-55(33)41(62)42(43(46,47)48)15-20-63-21-16-42)32-11-8-9-17-49-35(56)26(4)50-38(59)34(24-28-23-29(44)13-14-30(28)45)53(6)40(61)31(22-25(2)3)52-37(32)58/h13-14,23,25-27,31-34H,7-12,15-22,24H2,1-6H3,(H,49,56)(H,50,59)(H,51,57)(H,52,58)/t26-,27+,31+,32+,33+,34+/m1/s1. The largest absolute Gasteiger partial charge is 0.403 e. The Morgan fingerprint density at radius 3 is 2.30 bits per heavy atom. The van der Waals surface area contributed by atoms with Crippen molar-refractivity contribution >= 4 is 64.6 Å². The first-order valence-electron chi connectivity index (χ1n) is 21.8. The van der Waals surface area contributed by atoms with Crippen molar-refractivity contribution in [3.05, 3.63) is 33.8 Å². The highest BCUT2D eigenvalue weighted by atomic mass is 35.5. The number of hydrogen-bond donors (Lipinski definition) is 4. The second-order valence-corrected chi connectivity index (χ2v) is 18.1. The molecule has 0 spiro atoms. The Morgan fingerprint density at radius 1 is 0.984 bits per heavy atom. The maximum absolute atomic E-state index is 14.5. The summed E-state index contributed by atoms with van der Waals surface area (Å²) in [7, 11) is 1.42. The van der Waals surface area contributed by atoms with Gasteiger partial charge in [0.2, 0.25) is 41.4 Å². The van der Waals surface area contributed by atoms with Gasteiger partial charge in [-0.05, 0) is 101 Å². The highest BCUT2D eigenvalue weighted by Crippen LogP contribution is 2.48. The van der Waals surface area contributed by atoms with Crippen molar-refractivity contribution in [3.63, 3.8) is 0 Å². The maximum atomic E-state index is 14.5. The molecule has 3 aliphatic rings. The first kappa shape index (κ1) is 51.5. The molecule has 0 saturated carbocycles. The summed E-state index contributed by atoms with van der Waals surface area (Å²) >= 11 is 12.8. The monoisotopic (exact) mass is 931 g/mol. The molecular weight excluding hydrogens is 870 g/mol. The number of rotatable bonds is 11. The molecule has 0 bridgehead atoms. The van der Waals surface area contributed by atoms with Gasteiger partial charge in [-0.25, -0.2) is 0 Å². The molecule has 20 heteroatoms. The highest BCUT2D eigenvalue weighted by Gasteiger charge is 2.62. The average Bonchev–Trinajstić information content (AvgIpc) is 3.73. The van der Waals surface area contributed by atoms with Gasteiger partial charge in [-0.1, -0.05) is 44.0 Å². The summed E-state index contributed by atoms with van der Waals surface area (Å²) in [6, 6.07) is -2.33. The van der Waals surface area contributed by atoms with Crippen LogP contribution in [0.4, 0.5) is 13.2 Å². The van der Waals surface area contributed by atoms with E-state index in [0.717, 1.165) is 4.90 Å². The summed E-state index contributed by atoms with van der Waals surface area (Å²) in [6.07, 6.45) is -4.35. The average molecular weight is 933 g/mol. The molecule has 3 saturated heterocycles. The third kappa shape index (κ3) is 12.8. The Balaban J connectivity index is 1.63. The van der Waals surface area contributed by atoms with E-state index in [1.165, 1.54) is 30.7 Å². The minimum Gasteiger partial charge on any atom is -0.381 e. The molecule has 0 radical (unpaired) electrons. The van der Waals surface area contributed by atoms with E-state index in [0.29, 0.717) is 34.9 Å². The van der Waals surface area contributed by atoms with Crippen molar-refractivity contribution in [2.75, 3.05) is 39.9 Å². The van der Waals surface area contributed by atoms with Crippen molar-refractivity contribution in [1.29, 1.82) is 0 Å². The van der Waals surface area contributed by atoms with Gasteiger partial charge in [-0.3, -0.25) is 33.6 Å². The predicted octanol–water partition coefficient (Wildman–Crippen LogP) is 4.16. The van der Waals surface area contributed by atoms with Crippen molar-refractivity contribution in [3.8, 4) is 0 Å². The summed E-state index contributed by atoms with van der Waals surface area (Å²) in [5.41, 5.74) is -2.22. The number of nitrogens with one attached hydrogen (secondary N) is 4. The van der Waals surface area contributed by atoms with Gasteiger partial charge in [0, 0.05) is 56.4 Å². The molecule has 63 heavy (non-hydrogen) atoms. The number of nitrogens with zero attached hydrogens (tertiary/aromatic N) is 3. The molecule has 0 unspecified atom stereocenters. The van der Waals surface area contributed by atoms with Crippen LogP contribution < -0.4 is 21.3 Å². The van der Waals surface area contributed by atoms with Crippen LogP contribution in [0.2, 0.25) is 10.0 Å². The summed E-state index contributed by atoms with van der Waals surface area (Å²) in [5.74, 6) is -5.17. The fraction of sp³-hybridized carbons (Fsp3) is 0.698. The predicted molar refractivity (Wildman–Crippen MR) is 229 cm³/mol. The van der Waals surface area contributed by atoms with Crippen LogP contribution in [-0.4, -0.2) is 138 Å². The number of hydrogen-bond acceptors (Lipinski definition) is 8. The first-order chi connectivity index (χ1) is 29.6. The minimum absolute atomic E-state index is 0.0565.